The maximum atomic E-state index is 12.5. The van der Waals surface area contributed by atoms with Gasteiger partial charge in [0.1, 0.15) is 17.8 Å². The van der Waals surface area contributed by atoms with E-state index < -0.39 is 0 Å². The molecule has 6 nitrogen and oxygen atoms in total. The minimum Gasteiger partial charge on any atom is -0.340 e. The summed E-state index contributed by atoms with van der Waals surface area (Å²) in [4.78, 5) is 32.0. The zero-order valence-electron chi connectivity index (χ0n) is 15.4. The maximum absolute atomic E-state index is 12.5. The summed E-state index contributed by atoms with van der Waals surface area (Å²) in [5, 5.41) is 5.99. The number of hydrogen-bond acceptors (Lipinski definition) is 5. The van der Waals surface area contributed by atoms with E-state index in [1.807, 2.05) is 32.0 Å². The van der Waals surface area contributed by atoms with Gasteiger partial charge in [0.25, 0.3) is 5.91 Å². The minimum absolute atomic E-state index is 0.0224. The first-order valence-electron chi connectivity index (χ1n) is 8.51. The van der Waals surface area contributed by atoms with Crippen molar-refractivity contribution in [3.8, 4) is 0 Å². The van der Waals surface area contributed by atoms with Crippen molar-refractivity contribution in [2.45, 2.75) is 20.8 Å². The van der Waals surface area contributed by atoms with Crippen molar-refractivity contribution in [3.05, 3.63) is 77.2 Å². The quantitative estimate of drug-likeness (QED) is 0.663. The molecule has 1 heterocycles. The van der Waals surface area contributed by atoms with E-state index in [9.17, 15) is 9.59 Å². The van der Waals surface area contributed by atoms with Crippen LogP contribution in [0.15, 0.2) is 54.9 Å². The van der Waals surface area contributed by atoms with Crippen LogP contribution < -0.4 is 10.6 Å². The van der Waals surface area contributed by atoms with E-state index in [1.54, 1.807) is 30.3 Å². The van der Waals surface area contributed by atoms with Crippen molar-refractivity contribution in [3.63, 3.8) is 0 Å². The average molecular weight is 360 g/mol. The lowest BCUT2D eigenvalue weighted by Crippen LogP contribution is -2.14. The van der Waals surface area contributed by atoms with Gasteiger partial charge in [-0.05, 0) is 62.2 Å². The van der Waals surface area contributed by atoms with Gasteiger partial charge in [-0.3, -0.25) is 9.59 Å². The second-order valence-corrected chi connectivity index (χ2v) is 6.25. The van der Waals surface area contributed by atoms with Crippen LogP contribution >= 0.6 is 0 Å². The van der Waals surface area contributed by atoms with Gasteiger partial charge in [0.05, 0.1) is 0 Å². The molecule has 0 saturated carbocycles. The van der Waals surface area contributed by atoms with Gasteiger partial charge in [0, 0.05) is 23.0 Å². The molecule has 0 spiro atoms. The van der Waals surface area contributed by atoms with Crippen molar-refractivity contribution in [1.29, 1.82) is 0 Å². The first-order valence-corrected chi connectivity index (χ1v) is 8.51. The Balaban J connectivity index is 1.75. The normalized spacial score (nSPS) is 10.3. The topological polar surface area (TPSA) is 84.0 Å². The van der Waals surface area contributed by atoms with Crippen LogP contribution in [0.3, 0.4) is 0 Å². The van der Waals surface area contributed by atoms with Crippen LogP contribution in [-0.4, -0.2) is 21.7 Å². The summed E-state index contributed by atoms with van der Waals surface area (Å²) < 4.78 is 0. The van der Waals surface area contributed by atoms with Gasteiger partial charge in [-0.1, -0.05) is 12.1 Å². The number of carbonyl (C=O) groups excluding carboxylic acids is 2. The first-order chi connectivity index (χ1) is 12.9. The van der Waals surface area contributed by atoms with Crippen LogP contribution in [0.5, 0.6) is 0 Å². The Kier molecular flexibility index (Phi) is 5.26. The molecule has 2 N–H and O–H groups in total. The molecular weight excluding hydrogens is 340 g/mol. The summed E-state index contributed by atoms with van der Waals surface area (Å²) in [6.45, 7) is 5.56. The molecule has 0 atom stereocenters. The van der Waals surface area contributed by atoms with Gasteiger partial charge in [-0.2, -0.15) is 0 Å². The number of Topliss-reactive ketones (excluding diaryl/α,β-unsaturated/α-hetero) is 1. The largest absolute Gasteiger partial charge is 0.340 e. The molecule has 0 bridgehead atoms. The van der Waals surface area contributed by atoms with Gasteiger partial charge in [0.2, 0.25) is 0 Å². The second kappa shape index (κ2) is 7.78. The Labute approximate surface area is 157 Å². The van der Waals surface area contributed by atoms with Gasteiger partial charge >= 0.3 is 0 Å². The van der Waals surface area contributed by atoms with Gasteiger partial charge in [-0.25, -0.2) is 9.97 Å². The monoisotopic (exact) mass is 360 g/mol. The fourth-order valence-electron chi connectivity index (χ4n) is 2.56. The van der Waals surface area contributed by atoms with Gasteiger partial charge in [0.15, 0.2) is 5.78 Å². The second-order valence-electron chi connectivity index (χ2n) is 6.25. The molecule has 1 aromatic heterocycles. The van der Waals surface area contributed by atoms with Crippen LogP contribution in [0, 0.1) is 13.8 Å². The smallest absolute Gasteiger partial charge is 0.274 e. The van der Waals surface area contributed by atoms with Gasteiger partial charge < -0.3 is 10.6 Å². The third kappa shape index (κ3) is 4.36. The molecular formula is C21H20N4O2. The lowest BCUT2D eigenvalue weighted by Gasteiger charge is -2.11. The number of ketones is 1. The standard InChI is InChI=1S/C21H20N4O2/c1-13-5-4-6-18(14(13)2)25-20-11-19(22-12-23-20)21(27)24-17-9-7-16(8-10-17)15(3)26/h4-12H,1-3H3,(H,24,27)(H,22,23,25). The molecule has 1 amide bonds. The molecule has 2 aromatic carbocycles. The number of carbonyl (C=O) groups is 2. The van der Waals surface area contributed by atoms with Crippen molar-refractivity contribution in [2.24, 2.45) is 0 Å². The van der Waals surface area contributed by atoms with Crippen molar-refractivity contribution < 1.29 is 9.59 Å². The summed E-state index contributed by atoms with van der Waals surface area (Å²) in [7, 11) is 0. The predicted molar refractivity (Wildman–Crippen MR) is 106 cm³/mol. The van der Waals surface area contributed by atoms with E-state index in [0.29, 0.717) is 17.1 Å². The number of aryl methyl sites for hydroxylation is 1. The summed E-state index contributed by atoms with van der Waals surface area (Å²) in [6, 6.07) is 14.3. The fourth-order valence-corrected chi connectivity index (χ4v) is 2.56. The predicted octanol–water partition coefficient (Wildman–Crippen LogP) is 4.29. The third-order valence-electron chi connectivity index (χ3n) is 4.32. The Morgan fingerprint density at radius 3 is 2.41 bits per heavy atom. The number of amides is 1. The number of nitrogens with one attached hydrogen (secondary N) is 2. The summed E-state index contributed by atoms with van der Waals surface area (Å²) in [5.74, 6) is 0.165. The maximum Gasteiger partial charge on any atom is 0.274 e. The number of aromatic nitrogens is 2. The molecule has 0 unspecified atom stereocenters. The Bertz CT molecular complexity index is 997. The lowest BCUT2D eigenvalue weighted by molar-refractivity contribution is 0.101. The molecule has 0 radical (unpaired) electrons. The van der Waals surface area contributed by atoms with Crippen molar-refractivity contribution in [1.82, 2.24) is 9.97 Å². The zero-order chi connectivity index (χ0) is 19.4. The molecule has 0 saturated heterocycles. The Morgan fingerprint density at radius 2 is 1.70 bits per heavy atom. The molecule has 0 aliphatic heterocycles. The van der Waals surface area contributed by atoms with Gasteiger partial charge in [-0.15, -0.1) is 0 Å². The van der Waals surface area contributed by atoms with Crippen LogP contribution in [-0.2, 0) is 0 Å². The van der Waals surface area contributed by atoms with Crippen molar-refractivity contribution in [2.75, 3.05) is 10.6 Å². The highest BCUT2D eigenvalue weighted by Gasteiger charge is 2.11. The summed E-state index contributed by atoms with van der Waals surface area (Å²) in [5.41, 5.74) is 4.64. The molecule has 3 rings (SSSR count). The Morgan fingerprint density at radius 1 is 0.963 bits per heavy atom. The van der Waals surface area contributed by atoms with Crippen LogP contribution in [0.2, 0.25) is 0 Å². The highest BCUT2D eigenvalue weighted by atomic mass is 16.2. The van der Waals surface area contributed by atoms with E-state index in [1.165, 1.54) is 18.8 Å². The molecule has 27 heavy (non-hydrogen) atoms. The molecule has 0 fully saturated rings. The summed E-state index contributed by atoms with van der Waals surface area (Å²) in [6.07, 6.45) is 1.35. The first kappa shape index (κ1) is 18.3. The fraction of sp³-hybridized carbons (Fsp3) is 0.143. The van der Waals surface area contributed by atoms with E-state index in [2.05, 4.69) is 20.6 Å². The third-order valence-corrected chi connectivity index (χ3v) is 4.32. The highest BCUT2D eigenvalue weighted by molar-refractivity contribution is 6.03. The highest BCUT2D eigenvalue weighted by Crippen LogP contribution is 2.22. The number of benzene rings is 2. The number of hydrogen-bond donors (Lipinski definition) is 2. The van der Waals surface area contributed by atoms with Crippen molar-refractivity contribution >= 4 is 28.9 Å². The summed E-state index contributed by atoms with van der Waals surface area (Å²) >= 11 is 0. The number of anilines is 3. The molecule has 136 valence electrons. The average Bonchev–Trinajstić information content (AvgIpc) is 2.66. The van der Waals surface area contributed by atoms with E-state index in [-0.39, 0.29) is 17.4 Å². The lowest BCUT2D eigenvalue weighted by atomic mass is 10.1. The Hall–Kier alpha value is -3.54. The molecule has 3 aromatic rings. The van der Waals surface area contributed by atoms with E-state index in [4.69, 9.17) is 0 Å². The molecule has 0 aliphatic carbocycles. The van der Waals surface area contributed by atoms with Crippen LogP contribution in [0.4, 0.5) is 17.2 Å². The van der Waals surface area contributed by atoms with Crippen LogP contribution in [0.1, 0.15) is 38.9 Å². The van der Waals surface area contributed by atoms with E-state index in [0.717, 1.165) is 11.3 Å². The molecule has 6 heteroatoms. The number of nitrogens with zero attached hydrogens (tertiary/aromatic N) is 2. The van der Waals surface area contributed by atoms with Crippen LogP contribution in [0.25, 0.3) is 0 Å². The number of rotatable bonds is 5. The zero-order valence-corrected chi connectivity index (χ0v) is 15.4. The minimum atomic E-state index is -0.350. The SMILES string of the molecule is CC(=O)c1ccc(NC(=O)c2cc(Nc3cccc(C)c3C)ncn2)cc1. The molecule has 0 aliphatic rings. The van der Waals surface area contributed by atoms with E-state index >= 15 is 0 Å².